The van der Waals surface area contributed by atoms with Gasteiger partial charge in [-0.15, -0.1) is 5.10 Å². The minimum atomic E-state index is -0.0245. The summed E-state index contributed by atoms with van der Waals surface area (Å²) in [6.07, 6.45) is 0. The van der Waals surface area contributed by atoms with E-state index in [1.165, 1.54) is 11.3 Å². The van der Waals surface area contributed by atoms with Gasteiger partial charge in [0.15, 0.2) is 0 Å². The first-order valence-electron chi connectivity index (χ1n) is 9.84. The zero-order valence-corrected chi connectivity index (χ0v) is 17.4. The van der Waals surface area contributed by atoms with Crippen LogP contribution >= 0.6 is 11.3 Å². The summed E-state index contributed by atoms with van der Waals surface area (Å²) in [5.74, 6) is 1.72. The Hall–Kier alpha value is -2.16. The van der Waals surface area contributed by atoms with Gasteiger partial charge in [0.25, 0.3) is 0 Å². The van der Waals surface area contributed by atoms with E-state index in [4.69, 9.17) is 4.74 Å². The molecule has 4 rings (SSSR count). The zero-order chi connectivity index (χ0) is 19.7. The highest BCUT2D eigenvalue weighted by Gasteiger charge is 2.31. The number of piperazine rings is 1. The van der Waals surface area contributed by atoms with Crippen molar-refractivity contribution >= 4 is 16.3 Å². The van der Waals surface area contributed by atoms with Crippen molar-refractivity contribution in [3.63, 3.8) is 0 Å². The lowest BCUT2D eigenvalue weighted by Gasteiger charge is -2.38. The maximum Gasteiger partial charge on any atom is 0.230 e. The Morgan fingerprint density at radius 2 is 1.86 bits per heavy atom. The number of ether oxygens (including phenoxy) is 1. The Labute approximate surface area is 169 Å². The average Bonchev–Trinajstić information content (AvgIpc) is 3.22. The number of aromatic hydroxyl groups is 1. The largest absolute Gasteiger partial charge is 0.494 e. The van der Waals surface area contributed by atoms with Crippen LogP contribution in [0.4, 0.5) is 0 Å². The molecule has 0 saturated carbocycles. The first kappa shape index (κ1) is 19.2. The fraction of sp³-hybridized carbons (Fsp3) is 0.500. The van der Waals surface area contributed by atoms with Crippen LogP contribution in [-0.4, -0.2) is 68.8 Å². The maximum absolute atomic E-state index is 10.9. The molecule has 7 nitrogen and oxygen atoms in total. The number of aryl methyl sites for hydroxylation is 1. The molecular formula is C20H27N5O2S. The van der Waals surface area contributed by atoms with Crippen molar-refractivity contribution in [1.82, 2.24) is 24.4 Å². The van der Waals surface area contributed by atoms with E-state index in [1.54, 1.807) is 4.52 Å². The van der Waals surface area contributed by atoms with E-state index in [2.05, 4.69) is 38.9 Å². The van der Waals surface area contributed by atoms with Gasteiger partial charge in [0.2, 0.25) is 10.8 Å². The van der Waals surface area contributed by atoms with E-state index in [0.29, 0.717) is 12.4 Å². The van der Waals surface area contributed by atoms with Crippen molar-refractivity contribution in [2.75, 3.05) is 39.3 Å². The summed E-state index contributed by atoms with van der Waals surface area (Å²) in [7, 11) is 0. The predicted molar refractivity (Wildman–Crippen MR) is 110 cm³/mol. The number of thiazole rings is 1. The van der Waals surface area contributed by atoms with Gasteiger partial charge in [-0.25, -0.2) is 4.98 Å². The molecular weight excluding hydrogens is 374 g/mol. The normalized spacial score (nSPS) is 17.2. The van der Waals surface area contributed by atoms with E-state index >= 15 is 0 Å². The van der Waals surface area contributed by atoms with Crippen LogP contribution in [0.5, 0.6) is 11.6 Å². The van der Waals surface area contributed by atoms with Gasteiger partial charge in [-0.1, -0.05) is 30.4 Å². The molecule has 1 aromatic carbocycles. The molecule has 2 aromatic heterocycles. The molecule has 1 fully saturated rings. The highest BCUT2D eigenvalue weighted by Crippen LogP contribution is 2.40. The number of fused-ring (bicyclic) bond motifs is 1. The molecule has 3 heterocycles. The third-order valence-corrected chi connectivity index (χ3v) is 6.35. The predicted octanol–water partition coefficient (Wildman–Crippen LogP) is 2.93. The lowest BCUT2D eigenvalue weighted by Crippen LogP contribution is -2.47. The summed E-state index contributed by atoms with van der Waals surface area (Å²) in [5.41, 5.74) is 1.14. The fourth-order valence-electron chi connectivity index (χ4n) is 3.80. The van der Waals surface area contributed by atoms with Crippen molar-refractivity contribution in [3.05, 3.63) is 40.5 Å². The van der Waals surface area contributed by atoms with Crippen LogP contribution < -0.4 is 4.74 Å². The van der Waals surface area contributed by atoms with Crippen molar-refractivity contribution < 1.29 is 9.84 Å². The number of rotatable bonds is 6. The van der Waals surface area contributed by atoms with Crippen LogP contribution in [0.2, 0.25) is 0 Å². The zero-order valence-electron chi connectivity index (χ0n) is 16.6. The molecule has 1 saturated heterocycles. The van der Waals surface area contributed by atoms with Crippen LogP contribution in [0.15, 0.2) is 24.3 Å². The molecule has 0 aliphatic carbocycles. The van der Waals surface area contributed by atoms with E-state index in [-0.39, 0.29) is 11.9 Å². The second-order valence-electron chi connectivity index (χ2n) is 7.02. The van der Waals surface area contributed by atoms with Crippen LogP contribution in [0.3, 0.4) is 0 Å². The number of aromatic nitrogens is 3. The quantitative estimate of drug-likeness (QED) is 0.685. The van der Waals surface area contributed by atoms with Crippen molar-refractivity contribution in [2.45, 2.75) is 26.8 Å². The van der Waals surface area contributed by atoms with Crippen LogP contribution in [0, 0.1) is 6.92 Å². The van der Waals surface area contributed by atoms with E-state index in [0.717, 1.165) is 53.9 Å². The van der Waals surface area contributed by atoms with Gasteiger partial charge in [-0.3, -0.25) is 4.90 Å². The summed E-state index contributed by atoms with van der Waals surface area (Å²) in [5, 5.41) is 15.2. The molecule has 28 heavy (non-hydrogen) atoms. The minimum Gasteiger partial charge on any atom is -0.494 e. The standard InChI is InChI=1S/C20H27N5O2S/c1-4-23-10-12-24(13-11-23)17(15-6-8-16(9-7-15)27-5-2)18-19(26)25-20(28-18)21-14(3)22-25/h6-9,17,26H,4-5,10-13H2,1-3H3/t17-/m1/s1. The number of nitrogens with zero attached hydrogens (tertiary/aromatic N) is 5. The van der Waals surface area contributed by atoms with Crippen LogP contribution in [0.1, 0.15) is 36.2 Å². The molecule has 1 aliphatic rings. The first-order valence-corrected chi connectivity index (χ1v) is 10.7. The topological polar surface area (TPSA) is 66.1 Å². The second-order valence-corrected chi connectivity index (χ2v) is 8.03. The Morgan fingerprint density at radius 3 is 2.46 bits per heavy atom. The van der Waals surface area contributed by atoms with Gasteiger partial charge in [-0.05, 0) is 38.1 Å². The van der Waals surface area contributed by atoms with Gasteiger partial charge in [0.05, 0.1) is 17.5 Å². The summed E-state index contributed by atoms with van der Waals surface area (Å²) >= 11 is 1.52. The Kier molecular flexibility index (Phi) is 5.52. The van der Waals surface area contributed by atoms with Crippen molar-refractivity contribution in [2.24, 2.45) is 0 Å². The fourth-order valence-corrected chi connectivity index (χ4v) is 4.97. The molecule has 8 heteroatoms. The molecule has 1 atom stereocenters. The number of likely N-dealkylation sites (N-methyl/N-ethyl adjacent to an activating group) is 1. The first-order chi connectivity index (χ1) is 13.6. The monoisotopic (exact) mass is 401 g/mol. The number of hydrogen-bond donors (Lipinski definition) is 1. The molecule has 0 unspecified atom stereocenters. The number of hydrogen-bond acceptors (Lipinski definition) is 7. The van der Waals surface area contributed by atoms with Gasteiger partial charge >= 0.3 is 0 Å². The molecule has 0 radical (unpaired) electrons. The summed E-state index contributed by atoms with van der Waals surface area (Å²) < 4.78 is 7.16. The van der Waals surface area contributed by atoms with Gasteiger partial charge in [0, 0.05) is 26.2 Å². The van der Waals surface area contributed by atoms with E-state index in [1.807, 2.05) is 26.0 Å². The lowest BCUT2D eigenvalue weighted by atomic mass is 10.0. The van der Waals surface area contributed by atoms with Gasteiger partial charge in [0.1, 0.15) is 11.6 Å². The van der Waals surface area contributed by atoms with Crippen molar-refractivity contribution in [1.29, 1.82) is 0 Å². The van der Waals surface area contributed by atoms with E-state index in [9.17, 15) is 5.11 Å². The summed E-state index contributed by atoms with van der Waals surface area (Å²) in [6.45, 7) is 11.7. The third kappa shape index (κ3) is 3.59. The third-order valence-electron chi connectivity index (χ3n) is 5.28. The number of benzene rings is 1. The van der Waals surface area contributed by atoms with Crippen molar-refractivity contribution in [3.8, 4) is 11.6 Å². The van der Waals surface area contributed by atoms with Crippen LogP contribution in [0.25, 0.3) is 4.96 Å². The average molecular weight is 402 g/mol. The lowest BCUT2D eigenvalue weighted by molar-refractivity contribution is 0.113. The molecule has 1 N–H and O–H groups in total. The maximum atomic E-state index is 10.9. The van der Waals surface area contributed by atoms with E-state index < -0.39 is 0 Å². The molecule has 0 spiro atoms. The molecule has 1 aliphatic heterocycles. The Morgan fingerprint density at radius 1 is 1.14 bits per heavy atom. The molecule has 3 aromatic rings. The van der Waals surface area contributed by atoms with Crippen LogP contribution in [-0.2, 0) is 0 Å². The smallest absolute Gasteiger partial charge is 0.230 e. The molecule has 150 valence electrons. The Bertz CT molecular complexity index is 928. The van der Waals surface area contributed by atoms with Gasteiger partial charge in [-0.2, -0.15) is 4.52 Å². The molecule has 0 bridgehead atoms. The summed E-state index contributed by atoms with van der Waals surface area (Å²) in [4.78, 5) is 11.0. The Balaban J connectivity index is 1.72. The second kappa shape index (κ2) is 8.06. The summed E-state index contributed by atoms with van der Waals surface area (Å²) in [6, 6.07) is 8.19. The highest BCUT2D eigenvalue weighted by atomic mass is 32.1. The highest BCUT2D eigenvalue weighted by molar-refractivity contribution is 7.17. The SMILES string of the molecule is CCOc1ccc([C@H](c2sc3nc(C)nn3c2O)N2CCN(CC)CC2)cc1. The van der Waals surface area contributed by atoms with Gasteiger partial charge < -0.3 is 14.7 Å². The molecule has 0 amide bonds. The minimum absolute atomic E-state index is 0.0245.